The van der Waals surface area contributed by atoms with Gasteiger partial charge in [-0.2, -0.15) is 0 Å². The van der Waals surface area contributed by atoms with E-state index in [-0.39, 0.29) is 0 Å². The van der Waals surface area contributed by atoms with Gasteiger partial charge in [0.25, 0.3) is 0 Å². The molecule has 0 bridgehead atoms. The number of unbranched alkanes of at least 4 members (excludes halogenated alkanes) is 2. The summed E-state index contributed by atoms with van der Waals surface area (Å²) in [6.07, 6.45) is 12.8. The minimum absolute atomic E-state index is 0.713. The molecule has 0 amide bonds. The summed E-state index contributed by atoms with van der Waals surface area (Å²) in [5.74, 6) is 3.95. The molecule has 1 fully saturated rings. The minimum Gasteiger partial charge on any atom is -0.0654 e. The van der Waals surface area contributed by atoms with Gasteiger partial charge in [0, 0.05) is 0 Å². The highest BCUT2D eigenvalue weighted by Crippen LogP contribution is 2.67. The van der Waals surface area contributed by atoms with Crippen molar-refractivity contribution in [2.24, 2.45) is 29.1 Å². The maximum atomic E-state index is 2.59. The molecule has 20 heavy (non-hydrogen) atoms. The zero-order valence-electron chi connectivity index (χ0n) is 15.2. The van der Waals surface area contributed by atoms with Gasteiger partial charge in [-0.3, -0.25) is 0 Å². The molecule has 0 heterocycles. The second-order valence-electron chi connectivity index (χ2n) is 7.55. The van der Waals surface area contributed by atoms with Crippen LogP contribution in [0.5, 0.6) is 0 Å². The Morgan fingerprint density at radius 2 is 1.45 bits per heavy atom. The fraction of sp³-hybridized carbons (Fsp3) is 1.00. The Morgan fingerprint density at radius 3 is 1.85 bits per heavy atom. The Labute approximate surface area is 129 Å². The van der Waals surface area contributed by atoms with Crippen LogP contribution in [-0.2, 0) is 0 Å². The lowest BCUT2D eigenvalue weighted by molar-refractivity contribution is 0.231. The van der Waals surface area contributed by atoms with Gasteiger partial charge in [-0.1, -0.05) is 86.5 Å². The van der Waals surface area contributed by atoms with Gasteiger partial charge in [0.2, 0.25) is 0 Å². The summed E-state index contributed by atoms with van der Waals surface area (Å²) in [5.41, 5.74) is 0.713. The summed E-state index contributed by atoms with van der Waals surface area (Å²) in [6, 6.07) is 0. The Bertz CT molecular complexity index is 249. The molecule has 1 rings (SSSR count). The first-order valence-electron chi connectivity index (χ1n) is 9.58. The molecule has 4 unspecified atom stereocenters. The van der Waals surface area contributed by atoms with Crippen LogP contribution in [0.25, 0.3) is 0 Å². The van der Waals surface area contributed by atoms with Crippen molar-refractivity contribution in [3.05, 3.63) is 0 Å². The van der Waals surface area contributed by atoms with Crippen molar-refractivity contribution < 1.29 is 0 Å². The van der Waals surface area contributed by atoms with E-state index < -0.39 is 0 Å². The molecule has 0 spiro atoms. The van der Waals surface area contributed by atoms with Crippen LogP contribution in [0.2, 0.25) is 0 Å². The van der Waals surface area contributed by atoms with Gasteiger partial charge in [0.1, 0.15) is 0 Å². The predicted molar refractivity (Wildman–Crippen MR) is 92.0 cm³/mol. The van der Waals surface area contributed by atoms with Gasteiger partial charge >= 0.3 is 0 Å². The van der Waals surface area contributed by atoms with E-state index in [2.05, 4.69) is 41.5 Å². The van der Waals surface area contributed by atoms with Crippen molar-refractivity contribution in [3.63, 3.8) is 0 Å². The van der Waals surface area contributed by atoms with Crippen LogP contribution in [-0.4, -0.2) is 0 Å². The molecule has 0 nitrogen and oxygen atoms in total. The van der Waals surface area contributed by atoms with Gasteiger partial charge in [-0.25, -0.2) is 0 Å². The molecule has 0 aromatic heterocycles. The molecule has 0 aromatic rings. The van der Waals surface area contributed by atoms with Crippen LogP contribution in [0.15, 0.2) is 0 Å². The van der Waals surface area contributed by atoms with Crippen LogP contribution in [0, 0.1) is 29.1 Å². The van der Waals surface area contributed by atoms with Crippen LogP contribution in [0.3, 0.4) is 0 Å². The highest BCUT2D eigenvalue weighted by atomic mass is 14.7. The van der Waals surface area contributed by atoms with Crippen LogP contribution < -0.4 is 0 Å². The highest BCUT2D eigenvalue weighted by molar-refractivity contribution is 5.09. The summed E-state index contributed by atoms with van der Waals surface area (Å²) in [7, 11) is 0. The van der Waals surface area contributed by atoms with Crippen LogP contribution in [0.1, 0.15) is 99.3 Å². The van der Waals surface area contributed by atoms with E-state index in [4.69, 9.17) is 0 Å². The monoisotopic (exact) mass is 280 g/mol. The molecule has 0 aliphatic heterocycles. The molecule has 1 aliphatic carbocycles. The minimum atomic E-state index is 0.713. The predicted octanol–water partition coefficient (Wildman–Crippen LogP) is 7.08. The summed E-state index contributed by atoms with van der Waals surface area (Å²) in [4.78, 5) is 0. The van der Waals surface area contributed by atoms with Crippen molar-refractivity contribution in [2.45, 2.75) is 99.3 Å². The SMILES string of the molecule is CCCCC(CCCC)C(C)C1C(C)C1(CC)CCC. The first-order valence-corrected chi connectivity index (χ1v) is 9.58. The van der Waals surface area contributed by atoms with Crippen LogP contribution in [0.4, 0.5) is 0 Å². The molecule has 0 saturated heterocycles. The molecule has 0 aromatic carbocycles. The lowest BCUT2D eigenvalue weighted by Crippen LogP contribution is -2.18. The van der Waals surface area contributed by atoms with Crippen molar-refractivity contribution in [1.29, 1.82) is 0 Å². The first kappa shape index (κ1) is 18.1. The Kier molecular flexibility index (Phi) is 7.62. The fourth-order valence-electron chi connectivity index (χ4n) is 5.21. The largest absolute Gasteiger partial charge is 0.0654 e. The van der Waals surface area contributed by atoms with Crippen molar-refractivity contribution in [1.82, 2.24) is 0 Å². The molecule has 1 saturated carbocycles. The Morgan fingerprint density at radius 1 is 0.900 bits per heavy atom. The van der Waals surface area contributed by atoms with E-state index in [9.17, 15) is 0 Å². The van der Waals surface area contributed by atoms with Crippen molar-refractivity contribution in [3.8, 4) is 0 Å². The quantitative estimate of drug-likeness (QED) is 0.379. The van der Waals surface area contributed by atoms with E-state index >= 15 is 0 Å². The maximum Gasteiger partial charge on any atom is -0.0238 e. The average molecular weight is 281 g/mol. The molecule has 1 aliphatic rings. The molecule has 120 valence electrons. The molecular formula is C20H40. The molecule has 0 heteroatoms. The van der Waals surface area contributed by atoms with Gasteiger partial charge in [-0.15, -0.1) is 0 Å². The Hall–Kier alpha value is 0. The van der Waals surface area contributed by atoms with E-state index in [1.165, 1.54) is 57.8 Å². The van der Waals surface area contributed by atoms with Gasteiger partial charge in [0.05, 0.1) is 0 Å². The topological polar surface area (TPSA) is 0 Å². The standard InChI is InChI=1S/C20H40/c1-7-11-13-18(14-12-8-2)16(5)19-17(6)20(19,10-4)15-9-3/h16-19H,7-15H2,1-6H3. The smallest absolute Gasteiger partial charge is 0.0238 e. The Balaban J connectivity index is 2.66. The highest BCUT2D eigenvalue weighted by Gasteiger charge is 2.61. The van der Waals surface area contributed by atoms with E-state index in [0.717, 1.165) is 23.7 Å². The van der Waals surface area contributed by atoms with Crippen molar-refractivity contribution in [2.75, 3.05) is 0 Å². The van der Waals surface area contributed by atoms with Gasteiger partial charge in [0.15, 0.2) is 0 Å². The number of hydrogen-bond acceptors (Lipinski definition) is 0. The zero-order valence-corrected chi connectivity index (χ0v) is 15.2. The molecule has 4 atom stereocenters. The summed E-state index contributed by atoms with van der Waals surface area (Å²) in [5, 5.41) is 0. The number of hydrogen-bond donors (Lipinski definition) is 0. The molecule has 0 N–H and O–H groups in total. The zero-order chi connectivity index (χ0) is 15.2. The van der Waals surface area contributed by atoms with Gasteiger partial charge in [-0.05, 0) is 41.9 Å². The van der Waals surface area contributed by atoms with Gasteiger partial charge < -0.3 is 0 Å². The lowest BCUT2D eigenvalue weighted by Gasteiger charge is -2.27. The second-order valence-corrected chi connectivity index (χ2v) is 7.55. The van der Waals surface area contributed by atoms with E-state index in [0.29, 0.717) is 5.41 Å². The normalized spacial score (nSPS) is 30.8. The molecule has 0 radical (unpaired) electrons. The third kappa shape index (κ3) is 3.80. The van der Waals surface area contributed by atoms with E-state index in [1.54, 1.807) is 0 Å². The third-order valence-electron chi connectivity index (χ3n) is 6.54. The fourth-order valence-corrected chi connectivity index (χ4v) is 5.21. The summed E-state index contributed by atoms with van der Waals surface area (Å²) < 4.78 is 0. The van der Waals surface area contributed by atoms with E-state index in [1.807, 2.05) is 0 Å². The summed E-state index contributed by atoms with van der Waals surface area (Å²) >= 11 is 0. The lowest BCUT2D eigenvalue weighted by atomic mass is 9.78. The third-order valence-corrected chi connectivity index (χ3v) is 6.54. The number of rotatable bonds is 11. The second kappa shape index (κ2) is 8.44. The summed E-state index contributed by atoms with van der Waals surface area (Å²) in [6.45, 7) is 14.6. The molecular weight excluding hydrogens is 240 g/mol. The maximum absolute atomic E-state index is 2.59. The van der Waals surface area contributed by atoms with Crippen molar-refractivity contribution >= 4 is 0 Å². The van der Waals surface area contributed by atoms with Crippen LogP contribution >= 0.6 is 0 Å². The first-order chi connectivity index (χ1) is 9.58. The average Bonchev–Trinajstić information content (AvgIpc) is 3.03.